The average molecular weight is 503 g/mol. The number of fused-ring (bicyclic) bond motifs is 1. The summed E-state index contributed by atoms with van der Waals surface area (Å²) in [7, 11) is 0. The first-order valence-electron chi connectivity index (χ1n) is 11.8. The first kappa shape index (κ1) is 26.8. The fourth-order valence-corrected chi connectivity index (χ4v) is 4.63. The SMILES string of the molecule is Cc1ccccc1-c1nnc(-c2ccc3nc(-c4c(C)cc(CC(C)(C)C(=O)[O-])cc4C)[nH]c3c2)o1.[Na+]. The number of nitrogens with zero attached hydrogens (tertiary/aromatic N) is 3. The predicted molar refractivity (Wildman–Crippen MR) is 137 cm³/mol. The number of carbonyl (C=O) groups excluding carboxylic acids is 1. The zero-order chi connectivity index (χ0) is 25.6. The molecule has 182 valence electrons. The minimum atomic E-state index is -1.05. The minimum Gasteiger partial charge on any atom is -0.550 e. The van der Waals surface area contributed by atoms with E-state index in [1.807, 2.05) is 75.4 Å². The molecular formula is C29H27N4NaO3. The monoisotopic (exact) mass is 502 g/mol. The van der Waals surface area contributed by atoms with Crippen LogP contribution < -0.4 is 34.7 Å². The smallest absolute Gasteiger partial charge is 0.550 e. The van der Waals surface area contributed by atoms with Crippen molar-refractivity contribution >= 4 is 17.0 Å². The number of aliphatic carboxylic acids is 1. The Labute approximate surface area is 237 Å². The summed E-state index contributed by atoms with van der Waals surface area (Å²) >= 11 is 0. The van der Waals surface area contributed by atoms with Gasteiger partial charge < -0.3 is 19.3 Å². The molecule has 1 N–H and O–H groups in total. The number of carbonyl (C=O) groups is 1. The van der Waals surface area contributed by atoms with Gasteiger partial charge in [0.1, 0.15) is 5.82 Å². The Balaban J connectivity index is 0.00000320. The summed E-state index contributed by atoms with van der Waals surface area (Å²) in [6, 6.07) is 17.8. The number of nitrogens with one attached hydrogen (secondary N) is 1. The number of aromatic amines is 1. The number of hydrogen-bond acceptors (Lipinski definition) is 6. The van der Waals surface area contributed by atoms with Gasteiger partial charge in [-0.3, -0.25) is 0 Å². The van der Waals surface area contributed by atoms with Crippen molar-refractivity contribution in [3.05, 3.63) is 76.9 Å². The van der Waals surface area contributed by atoms with Crippen LogP contribution >= 0.6 is 0 Å². The summed E-state index contributed by atoms with van der Waals surface area (Å²) in [6.07, 6.45) is 0.398. The Bertz CT molecular complexity index is 1590. The Morgan fingerprint density at radius 2 is 1.62 bits per heavy atom. The molecule has 5 aromatic rings. The molecule has 0 saturated heterocycles. The number of rotatable bonds is 6. The molecule has 37 heavy (non-hydrogen) atoms. The van der Waals surface area contributed by atoms with Crippen molar-refractivity contribution in [1.82, 2.24) is 20.2 Å². The van der Waals surface area contributed by atoms with Crippen LogP contribution in [-0.4, -0.2) is 26.1 Å². The van der Waals surface area contributed by atoms with Gasteiger partial charge in [0, 0.05) is 28.1 Å². The minimum absolute atomic E-state index is 0. The van der Waals surface area contributed by atoms with Crippen LogP contribution in [0.1, 0.15) is 36.1 Å². The number of aromatic nitrogens is 4. The largest absolute Gasteiger partial charge is 1.00 e. The number of carboxylic acids is 1. The molecule has 0 atom stereocenters. The van der Waals surface area contributed by atoms with Gasteiger partial charge in [-0.25, -0.2) is 4.98 Å². The van der Waals surface area contributed by atoms with Gasteiger partial charge in [0.2, 0.25) is 11.8 Å². The third-order valence-electron chi connectivity index (χ3n) is 6.56. The molecule has 0 aliphatic heterocycles. The second-order valence-corrected chi connectivity index (χ2v) is 10.00. The molecule has 0 aliphatic carbocycles. The summed E-state index contributed by atoms with van der Waals surface area (Å²) in [5, 5.41) is 20.0. The quantitative estimate of drug-likeness (QED) is 0.357. The average Bonchev–Trinajstić information content (AvgIpc) is 3.45. The zero-order valence-electron chi connectivity index (χ0n) is 22.0. The third kappa shape index (κ3) is 5.25. The maximum atomic E-state index is 11.5. The van der Waals surface area contributed by atoms with E-state index < -0.39 is 11.4 Å². The second-order valence-electron chi connectivity index (χ2n) is 10.00. The summed E-state index contributed by atoms with van der Waals surface area (Å²) in [4.78, 5) is 19.7. The second kappa shape index (κ2) is 10.2. The van der Waals surface area contributed by atoms with Crippen molar-refractivity contribution < 1.29 is 43.9 Å². The Morgan fingerprint density at radius 1 is 0.946 bits per heavy atom. The summed E-state index contributed by atoms with van der Waals surface area (Å²) in [5.41, 5.74) is 7.55. The summed E-state index contributed by atoms with van der Waals surface area (Å²) < 4.78 is 5.98. The third-order valence-corrected chi connectivity index (χ3v) is 6.56. The number of aryl methyl sites for hydroxylation is 3. The molecule has 0 unspecified atom stereocenters. The van der Waals surface area contributed by atoms with E-state index in [2.05, 4.69) is 15.2 Å². The molecule has 3 aromatic carbocycles. The molecule has 0 bridgehead atoms. The predicted octanol–water partition coefficient (Wildman–Crippen LogP) is 2.19. The molecule has 2 aromatic heterocycles. The Kier molecular flexibility index (Phi) is 7.42. The number of benzene rings is 3. The molecule has 7 nitrogen and oxygen atoms in total. The van der Waals surface area contributed by atoms with E-state index >= 15 is 0 Å². The van der Waals surface area contributed by atoms with Crippen molar-refractivity contribution in [2.45, 2.75) is 41.0 Å². The van der Waals surface area contributed by atoms with Crippen molar-refractivity contribution in [3.63, 3.8) is 0 Å². The van der Waals surface area contributed by atoms with Gasteiger partial charge in [-0.2, -0.15) is 0 Å². The first-order valence-corrected chi connectivity index (χ1v) is 11.8. The van der Waals surface area contributed by atoms with Crippen molar-refractivity contribution in [1.29, 1.82) is 0 Å². The van der Waals surface area contributed by atoms with Crippen LogP contribution in [0.4, 0.5) is 0 Å². The fraction of sp³-hybridized carbons (Fsp3) is 0.241. The van der Waals surface area contributed by atoms with E-state index in [4.69, 9.17) is 9.40 Å². The van der Waals surface area contributed by atoms with Gasteiger partial charge in [0.25, 0.3) is 0 Å². The van der Waals surface area contributed by atoms with Gasteiger partial charge in [-0.15, -0.1) is 10.2 Å². The van der Waals surface area contributed by atoms with E-state index in [0.29, 0.717) is 18.2 Å². The molecule has 8 heteroatoms. The number of hydrogen-bond donors (Lipinski definition) is 1. The van der Waals surface area contributed by atoms with E-state index in [-0.39, 0.29) is 29.6 Å². The Morgan fingerprint density at radius 3 is 2.30 bits per heavy atom. The van der Waals surface area contributed by atoms with Crippen molar-refractivity contribution in [2.75, 3.05) is 0 Å². The van der Waals surface area contributed by atoms with Crippen LogP contribution in [0, 0.1) is 26.2 Å². The molecule has 0 saturated carbocycles. The maximum absolute atomic E-state index is 11.5. The van der Waals surface area contributed by atoms with Crippen LogP contribution in [0.3, 0.4) is 0 Å². The van der Waals surface area contributed by atoms with Gasteiger partial charge in [0.05, 0.1) is 11.0 Å². The van der Waals surface area contributed by atoms with Gasteiger partial charge in [-0.05, 0) is 73.7 Å². The number of H-pyrrole nitrogens is 1. The molecule has 5 rings (SSSR count). The van der Waals surface area contributed by atoms with Gasteiger partial charge in [-0.1, -0.05) is 44.2 Å². The molecule has 0 fully saturated rings. The van der Waals surface area contributed by atoms with Crippen LogP contribution in [0.25, 0.3) is 45.3 Å². The standard InChI is InChI=1S/C29H28N4O3.Na/c1-16-8-6-7-9-21(16)27-33-32-26(36-27)20-10-11-22-23(14-20)31-25(30-22)24-17(2)12-19(13-18(24)3)15-29(4,5)28(34)35;/h6-14H,15H2,1-5H3,(H,30,31)(H,34,35);/q;+1/p-1. The molecular weight excluding hydrogens is 475 g/mol. The summed E-state index contributed by atoms with van der Waals surface area (Å²) in [6.45, 7) is 9.42. The molecule has 0 amide bonds. The van der Waals surface area contributed by atoms with Gasteiger partial charge >= 0.3 is 29.6 Å². The van der Waals surface area contributed by atoms with Gasteiger partial charge in [0.15, 0.2) is 0 Å². The molecule has 2 heterocycles. The molecule has 0 aliphatic rings. The molecule has 0 spiro atoms. The fourth-order valence-electron chi connectivity index (χ4n) is 4.63. The maximum Gasteiger partial charge on any atom is 1.00 e. The Hall–Kier alpha value is -3.26. The van der Waals surface area contributed by atoms with Crippen LogP contribution in [-0.2, 0) is 11.2 Å². The van der Waals surface area contributed by atoms with Crippen molar-refractivity contribution in [2.24, 2.45) is 5.41 Å². The van der Waals surface area contributed by atoms with E-state index in [9.17, 15) is 9.90 Å². The normalized spacial score (nSPS) is 11.5. The van der Waals surface area contributed by atoms with E-state index in [1.54, 1.807) is 13.8 Å². The zero-order valence-corrected chi connectivity index (χ0v) is 24.0. The van der Waals surface area contributed by atoms with Crippen LogP contribution in [0.5, 0.6) is 0 Å². The van der Waals surface area contributed by atoms with E-state index in [1.165, 1.54) is 0 Å². The van der Waals surface area contributed by atoms with Crippen LogP contribution in [0.15, 0.2) is 59.0 Å². The van der Waals surface area contributed by atoms with Crippen molar-refractivity contribution in [3.8, 4) is 34.3 Å². The van der Waals surface area contributed by atoms with Crippen LogP contribution in [0.2, 0.25) is 0 Å². The summed E-state index contributed by atoms with van der Waals surface area (Å²) in [5.74, 6) is 0.636. The molecule has 0 radical (unpaired) electrons. The number of imidazole rings is 1. The topological polar surface area (TPSA) is 108 Å². The first-order chi connectivity index (χ1) is 17.1. The van der Waals surface area contributed by atoms with E-state index in [0.717, 1.165) is 55.8 Å². The number of carboxylic acid groups (broad SMARTS) is 1.